The van der Waals surface area contributed by atoms with E-state index in [2.05, 4.69) is 13.8 Å². The first-order valence-corrected chi connectivity index (χ1v) is 9.10. The smallest absolute Gasteiger partial charge is 0.303 e. The van der Waals surface area contributed by atoms with Gasteiger partial charge in [-0.1, -0.05) is 52.3 Å². The van der Waals surface area contributed by atoms with E-state index in [1.807, 2.05) is 44.2 Å². The molecule has 5 heteroatoms. The van der Waals surface area contributed by atoms with Gasteiger partial charge in [-0.3, -0.25) is 9.59 Å². The lowest BCUT2D eigenvalue weighted by Crippen LogP contribution is -2.49. The molecule has 0 saturated heterocycles. The molecule has 1 aromatic carbocycles. The molecule has 1 aromatic rings. The predicted molar refractivity (Wildman–Crippen MR) is 101 cm³/mol. The van der Waals surface area contributed by atoms with Crippen LogP contribution in [0.4, 0.5) is 5.69 Å². The Morgan fingerprint density at radius 3 is 2.24 bits per heavy atom. The van der Waals surface area contributed by atoms with Crippen LogP contribution < -0.4 is 10.6 Å². The lowest BCUT2D eigenvalue weighted by molar-refractivity contribution is -0.138. The van der Waals surface area contributed by atoms with Crippen LogP contribution in [-0.2, 0) is 9.59 Å². The van der Waals surface area contributed by atoms with Crippen LogP contribution in [0.1, 0.15) is 47.0 Å². The number of nitrogens with zero attached hydrogens (tertiary/aromatic N) is 1. The van der Waals surface area contributed by atoms with Crippen molar-refractivity contribution in [2.24, 2.45) is 23.5 Å². The van der Waals surface area contributed by atoms with Crippen molar-refractivity contribution in [3.63, 3.8) is 0 Å². The summed E-state index contributed by atoms with van der Waals surface area (Å²) >= 11 is 0. The summed E-state index contributed by atoms with van der Waals surface area (Å²) in [5, 5.41) is 9.23. The molecule has 0 radical (unpaired) electrons. The van der Waals surface area contributed by atoms with Crippen LogP contribution in [0.5, 0.6) is 0 Å². The number of carboxylic acids is 1. The van der Waals surface area contributed by atoms with Crippen molar-refractivity contribution in [1.82, 2.24) is 0 Å². The van der Waals surface area contributed by atoms with Crippen molar-refractivity contribution >= 4 is 17.6 Å². The molecule has 3 unspecified atom stereocenters. The van der Waals surface area contributed by atoms with E-state index in [0.717, 1.165) is 18.5 Å². The number of nitrogens with two attached hydrogens (primary N) is 1. The standard InChI is InChI=1S/C20H32N2O3/c1-5-15(4)19(21)20(25)22(17-9-7-6-8-10-17)13-16(11-14(2)3)12-18(23)24/h6-10,14-16,19H,5,11-13,21H2,1-4H3,(H,23,24). The third-order valence-electron chi connectivity index (χ3n) is 4.58. The van der Waals surface area contributed by atoms with Gasteiger partial charge in [0.15, 0.2) is 0 Å². The Bertz CT molecular complexity index is 545. The quantitative estimate of drug-likeness (QED) is 0.677. The van der Waals surface area contributed by atoms with E-state index in [0.29, 0.717) is 12.5 Å². The van der Waals surface area contributed by atoms with Crippen LogP contribution in [0, 0.1) is 17.8 Å². The summed E-state index contributed by atoms with van der Waals surface area (Å²) in [6, 6.07) is 8.79. The van der Waals surface area contributed by atoms with E-state index in [4.69, 9.17) is 5.73 Å². The van der Waals surface area contributed by atoms with Gasteiger partial charge in [-0.25, -0.2) is 0 Å². The summed E-state index contributed by atoms with van der Waals surface area (Å²) in [6.45, 7) is 8.48. The minimum Gasteiger partial charge on any atom is -0.481 e. The minimum absolute atomic E-state index is 0.0490. The zero-order valence-electron chi connectivity index (χ0n) is 15.8. The fourth-order valence-electron chi connectivity index (χ4n) is 3.00. The molecule has 0 heterocycles. The lowest BCUT2D eigenvalue weighted by atomic mass is 9.92. The molecule has 0 aliphatic heterocycles. The van der Waals surface area contributed by atoms with Gasteiger partial charge >= 0.3 is 5.97 Å². The van der Waals surface area contributed by atoms with E-state index >= 15 is 0 Å². The monoisotopic (exact) mass is 348 g/mol. The highest BCUT2D eigenvalue weighted by Crippen LogP contribution is 2.23. The molecular formula is C20H32N2O3. The topological polar surface area (TPSA) is 83.6 Å². The van der Waals surface area contributed by atoms with Crippen LogP contribution in [0.25, 0.3) is 0 Å². The van der Waals surface area contributed by atoms with Gasteiger partial charge in [0.1, 0.15) is 0 Å². The fourth-order valence-corrected chi connectivity index (χ4v) is 3.00. The van der Waals surface area contributed by atoms with Gasteiger partial charge in [-0.2, -0.15) is 0 Å². The minimum atomic E-state index is -0.836. The van der Waals surface area contributed by atoms with Gasteiger partial charge in [0, 0.05) is 18.7 Å². The molecule has 0 spiro atoms. The van der Waals surface area contributed by atoms with Crippen molar-refractivity contribution < 1.29 is 14.7 Å². The number of benzene rings is 1. The largest absolute Gasteiger partial charge is 0.481 e. The van der Waals surface area contributed by atoms with E-state index in [1.165, 1.54) is 0 Å². The number of aliphatic carboxylic acids is 1. The number of carboxylic acid groups (broad SMARTS) is 1. The normalized spacial score (nSPS) is 14.8. The number of amides is 1. The van der Waals surface area contributed by atoms with Crippen molar-refractivity contribution in [2.75, 3.05) is 11.4 Å². The Kier molecular flexibility index (Phi) is 8.62. The highest BCUT2D eigenvalue weighted by atomic mass is 16.4. The molecule has 3 atom stereocenters. The van der Waals surface area contributed by atoms with E-state index in [9.17, 15) is 14.7 Å². The molecule has 3 N–H and O–H groups in total. The summed E-state index contributed by atoms with van der Waals surface area (Å²) < 4.78 is 0. The number of carbonyl (C=O) groups excluding carboxylic acids is 1. The first-order valence-electron chi connectivity index (χ1n) is 9.10. The van der Waals surface area contributed by atoms with Crippen molar-refractivity contribution in [1.29, 1.82) is 0 Å². The van der Waals surface area contributed by atoms with Crippen LogP contribution in [0.3, 0.4) is 0 Å². The summed E-state index contributed by atoms with van der Waals surface area (Å²) in [5.41, 5.74) is 6.95. The maximum Gasteiger partial charge on any atom is 0.303 e. The van der Waals surface area contributed by atoms with Crippen molar-refractivity contribution in [3.05, 3.63) is 30.3 Å². The van der Waals surface area contributed by atoms with Crippen molar-refractivity contribution in [2.45, 2.75) is 53.0 Å². The van der Waals surface area contributed by atoms with Gasteiger partial charge in [0.2, 0.25) is 5.91 Å². The molecule has 0 bridgehead atoms. The van der Waals surface area contributed by atoms with Crippen molar-refractivity contribution in [3.8, 4) is 0 Å². The molecular weight excluding hydrogens is 316 g/mol. The van der Waals surface area contributed by atoms with Gasteiger partial charge < -0.3 is 15.7 Å². The molecule has 25 heavy (non-hydrogen) atoms. The molecule has 0 fully saturated rings. The fraction of sp³-hybridized carbons (Fsp3) is 0.600. The summed E-state index contributed by atoms with van der Waals surface area (Å²) in [7, 11) is 0. The Balaban J connectivity index is 3.08. The van der Waals surface area contributed by atoms with E-state index in [1.54, 1.807) is 4.90 Å². The number of hydrogen-bond acceptors (Lipinski definition) is 3. The maximum absolute atomic E-state index is 13.0. The third kappa shape index (κ3) is 6.86. The predicted octanol–water partition coefficient (Wildman–Crippen LogP) is 3.53. The van der Waals surface area contributed by atoms with Gasteiger partial charge in [-0.05, 0) is 36.3 Å². The molecule has 0 aromatic heterocycles. The number of carbonyl (C=O) groups is 2. The SMILES string of the molecule is CCC(C)C(N)C(=O)N(CC(CC(=O)O)CC(C)C)c1ccccc1. The molecule has 1 rings (SSSR count). The Labute approximate surface area is 151 Å². The molecule has 1 amide bonds. The number of para-hydroxylation sites is 1. The van der Waals surface area contributed by atoms with Crippen LogP contribution in [0.15, 0.2) is 30.3 Å². The first-order chi connectivity index (χ1) is 11.8. The van der Waals surface area contributed by atoms with Crippen LogP contribution in [0.2, 0.25) is 0 Å². The molecule has 0 saturated carbocycles. The highest BCUT2D eigenvalue weighted by molar-refractivity contribution is 5.97. The molecule has 5 nitrogen and oxygen atoms in total. The second-order valence-corrected chi connectivity index (χ2v) is 7.29. The zero-order chi connectivity index (χ0) is 19.0. The van der Waals surface area contributed by atoms with E-state index < -0.39 is 12.0 Å². The Hall–Kier alpha value is -1.88. The zero-order valence-corrected chi connectivity index (χ0v) is 15.8. The van der Waals surface area contributed by atoms with Gasteiger partial charge in [0.25, 0.3) is 0 Å². The summed E-state index contributed by atoms with van der Waals surface area (Å²) in [6.07, 6.45) is 1.62. The second-order valence-electron chi connectivity index (χ2n) is 7.29. The highest BCUT2D eigenvalue weighted by Gasteiger charge is 2.29. The number of anilines is 1. The summed E-state index contributed by atoms with van der Waals surface area (Å²) in [4.78, 5) is 25.9. The average molecular weight is 348 g/mol. The van der Waals surface area contributed by atoms with E-state index in [-0.39, 0.29) is 24.2 Å². The third-order valence-corrected chi connectivity index (χ3v) is 4.58. The average Bonchev–Trinajstić information content (AvgIpc) is 2.57. The maximum atomic E-state index is 13.0. The summed E-state index contributed by atoms with van der Waals surface area (Å²) in [5.74, 6) is -0.648. The van der Waals surface area contributed by atoms with Gasteiger partial charge in [0.05, 0.1) is 6.04 Å². The first kappa shape index (κ1) is 21.2. The Morgan fingerprint density at radius 2 is 1.76 bits per heavy atom. The molecule has 0 aliphatic rings. The second kappa shape index (κ2) is 10.2. The van der Waals surface area contributed by atoms with Gasteiger partial charge in [-0.15, -0.1) is 0 Å². The number of hydrogen-bond donors (Lipinski definition) is 2. The molecule has 140 valence electrons. The lowest BCUT2D eigenvalue weighted by Gasteiger charge is -2.31. The van der Waals surface area contributed by atoms with Crippen LogP contribution >= 0.6 is 0 Å². The van der Waals surface area contributed by atoms with Crippen LogP contribution in [-0.4, -0.2) is 29.6 Å². The number of rotatable bonds is 10. The Morgan fingerprint density at radius 1 is 1.16 bits per heavy atom. The molecule has 0 aliphatic carbocycles.